The molecule has 1 heterocycles. The van der Waals surface area contributed by atoms with Crippen molar-refractivity contribution in [2.75, 3.05) is 7.11 Å². The Morgan fingerprint density at radius 3 is 2.42 bits per heavy atom. The zero-order valence-electron chi connectivity index (χ0n) is 10.4. The van der Waals surface area contributed by atoms with Gasteiger partial charge in [0, 0.05) is 24.4 Å². The minimum absolute atomic E-state index is 0.424. The Kier molecular flexibility index (Phi) is 4.06. The van der Waals surface area contributed by atoms with Crippen LogP contribution in [-0.4, -0.2) is 12.1 Å². The molecule has 3 nitrogen and oxygen atoms in total. The highest BCUT2D eigenvalue weighted by Gasteiger charge is 2.10. The van der Waals surface area contributed by atoms with Crippen LogP contribution in [0.25, 0.3) is 0 Å². The highest BCUT2D eigenvalue weighted by Crippen LogP contribution is 2.19. The number of nitrogens with zero attached hydrogens (tertiary/aromatic N) is 1. The van der Waals surface area contributed by atoms with Crippen LogP contribution in [-0.2, 0) is 6.42 Å². The predicted molar refractivity (Wildman–Crippen MR) is 67.8 cm³/mol. The maximum absolute atomic E-state index is 13.1. The molecule has 100 valence electrons. The molecular weight excluding hydrogens is 250 g/mol. The third-order valence-corrected chi connectivity index (χ3v) is 2.78. The summed E-state index contributed by atoms with van der Waals surface area (Å²) < 4.78 is 31.2. The number of rotatable bonds is 4. The van der Waals surface area contributed by atoms with E-state index in [2.05, 4.69) is 4.98 Å². The molecule has 2 rings (SSSR count). The highest BCUT2D eigenvalue weighted by molar-refractivity contribution is 5.25. The summed E-state index contributed by atoms with van der Waals surface area (Å²) >= 11 is 0. The van der Waals surface area contributed by atoms with Crippen molar-refractivity contribution < 1.29 is 13.5 Å². The third-order valence-electron chi connectivity index (χ3n) is 2.78. The molecule has 0 amide bonds. The lowest BCUT2D eigenvalue weighted by Gasteiger charge is -2.12. The van der Waals surface area contributed by atoms with Crippen LogP contribution in [0.1, 0.15) is 17.2 Å². The molecule has 0 spiro atoms. The molecule has 0 saturated carbocycles. The second kappa shape index (κ2) is 5.75. The van der Waals surface area contributed by atoms with Crippen molar-refractivity contribution in [1.82, 2.24) is 4.98 Å². The standard InChI is InChI=1S/C14H14F2N2O/c1-19-14-3-2-9(8-18-14)4-13(17)10-5-11(15)7-12(16)6-10/h2-3,5-8,13H,4,17H2,1H3. The van der Waals surface area contributed by atoms with Crippen molar-refractivity contribution in [2.45, 2.75) is 12.5 Å². The lowest BCUT2D eigenvalue weighted by atomic mass is 10.0. The Morgan fingerprint density at radius 1 is 1.21 bits per heavy atom. The summed E-state index contributed by atoms with van der Waals surface area (Å²) in [5.74, 6) is -0.745. The van der Waals surface area contributed by atoms with Crippen LogP contribution >= 0.6 is 0 Å². The first kappa shape index (κ1) is 13.4. The van der Waals surface area contributed by atoms with Gasteiger partial charge in [-0.2, -0.15) is 0 Å². The number of hydrogen-bond acceptors (Lipinski definition) is 3. The van der Waals surface area contributed by atoms with Crippen molar-refractivity contribution in [3.8, 4) is 5.88 Å². The molecule has 2 N–H and O–H groups in total. The maximum atomic E-state index is 13.1. The average Bonchev–Trinajstić information content (AvgIpc) is 2.38. The van der Waals surface area contributed by atoms with Crippen LogP contribution in [0, 0.1) is 11.6 Å². The molecule has 0 bridgehead atoms. The second-order valence-corrected chi connectivity index (χ2v) is 4.22. The Hall–Kier alpha value is -2.01. The molecule has 0 fully saturated rings. The van der Waals surface area contributed by atoms with Gasteiger partial charge < -0.3 is 10.5 Å². The number of pyridine rings is 1. The van der Waals surface area contributed by atoms with Gasteiger partial charge in [0.1, 0.15) is 11.6 Å². The molecule has 2 aromatic rings. The van der Waals surface area contributed by atoms with Gasteiger partial charge >= 0.3 is 0 Å². The van der Waals surface area contributed by atoms with Crippen LogP contribution in [0.15, 0.2) is 36.5 Å². The predicted octanol–water partition coefficient (Wildman–Crippen LogP) is 2.61. The van der Waals surface area contributed by atoms with Crippen molar-refractivity contribution in [2.24, 2.45) is 5.73 Å². The summed E-state index contributed by atoms with van der Waals surface area (Å²) in [6.45, 7) is 0. The molecule has 1 aromatic heterocycles. The van der Waals surface area contributed by atoms with Crippen LogP contribution in [0.5, 0.6) is 5.88 Å². The largest absolute Gasteiger partial charge is 0.481 e. The summed E-state index contributed by atoms with van der Waals surface area (Å²) in [7, 11) is 1.53. The molecule has 5 heteroatoms. The quantitative estimate of drug-likeness (QED) is 0.923. The van der Waals surface area contributed by atoms with Crippen LogP contribution in [0.4, 0.5) is 8.78 Å². The Bertz CT molecular complexity index is 538. The van der Waals surface area contributed by atoms with Crippen molar-refractivity contribution in [3.05, 3.63) is 59.3 Å². The Balaban J connectivity index is 2.13. The van der Waals surface area contributed by atoms with E-state index in [1.165, 1.54) is 19.2 Å². The minimum atomic E-state index is -0.627. The van der Waals surface area contributed by atoms with Gasteiger partial charge in [-0.1, -0.05) is 6.07 Å². The molecule has 0 aliphatic rings. The summed E-state index contributed by atoms with van der Waals surface area (Å²) in [5, 5.41) is 0. The number of hydrogen-bond donors (Lipinski definition) is 1. The highest BCUT2D eigenvalue weighted by atomic mass is 19.1. The molecule has 0 aliphatic carbocycles. The van der Waals surface area contributed by atoms with E-state index in [9.17, 15) is 8.78 Å². The first-order chi connectivity index (χ1) is 9.08. The van der Waals surface area contributed by atoms with Crippen LogP contribution in [0.2, 0.25) is 0 Å². The van der Waals surface area contributed by atoms with Gasteiger partial charge in [-0.3, -0.25) is 0 Å². The number of methoxy groups -OCH3 is 1. The molecule has 1 unspecified atom stereocenters. The zero-order valence-corrected chi connectivity index (χ0v) is 10.4. The van der Waals surface area contributed by atoms with Gasteiger partial charge in [0.2, 0.25) is 5.88 Å². The fourth-order valence-corrected chi connectivity index (χ4v) is 1.81. The van der Waals surface area contributed by atoms with E-state index >= 15 is 0 Å². The number of aromatic nitrogens is 1. The summed E-state index contributed by atoms with van der Waals surface area (Å²) in [6.07, 6.45) is 2.08. The number of halogens is 2. The Morgan fingerprint density at radius 2 is 1.89 bits per heavy atom. The van der Waals surface area contributed by atoms with Gasteiger partial charge in [-0.05, 0) is 29.7 Å². The van der Waals surface area contributed by atoms with Crippen LogP contribution in [0.3, 0.4) is 0 Å². The number of ether oxygens (including phenoxy) is 1. The normalized spacial score (nSPS) is 12.2. The minimum Gasteiger partial charge on any atom is -0.481 e. The van der Waals surface area contributed by atoms with Gasteiger partial charge in [-0.25, -0.2) is 13.8 Å². The average molecular weight is 264 g/mol. The first-order valence-corrected chi connectivity index (χ1v) is 5.79. The maximum Gasteiger partial charge on any atom is 0.212 e. The fourth-order valence-electron chi connectivity index (χ4n) is 1.81. The van der Waals surface area contributed by atoms with Crippen molar-refractivity contribution in [1.29, 1.82) is 0 Å². The first-order valence-electron chi connectivity index (χ1n) is 5.79. The smallest absolute Gasteiger partial charge is 0.212 e. The van der Waals surface area contributed by atoms with Gasteiger partial charge in [0.05, 0.1) is 7.11 Å². The topological polar surface area (TPSA) is 48.1 Å². The zero-order chi connectivity index (χ0) is 13.8. The summed E-state index contributed by atoms with van der Waals surface area (Å²) in [6, 6.07) is 6.36. The second-order valence-electron chi connectivity index (χ2n) is 4.22. The van der Waals surface area contributed by atoms with Gasteiger partial charge in [0.15, 0.2) is 0 Å². The molecule has 1 aromatic carbocycles. The summed E-state index contributed by atoms with van der Waals surface area (Å²) in [5.41, 5.74) is 7.24. The van der Waals surface area contributed by atoms with E-state index in [1.54, 1.807) is 12.3 Å². The monoisotopic (exact) mass is 264 g/mol. The fraction of sp³-hybridized carbons (Fsp3) is 0.214. The molecule has 0 saturated heterocycles. The van der Waals surface area contributed by atoms with Gasteiger partial charge in [-0.15, -0.1) is 0 Å². The Labute approximate surface area is 110 Å². The number of benzene rings is 1. The van der Waals surface area contributed by atoms with E-state index in [0.29, 0.717) is 17.9 Å². The molecule has 0 aliphatic heterocycles. The molecule has 1 atom stereocenters. The van der Waals surface area contributed by atoms with E-state index in [0.717, 1.165) is 11.6 Å². The summed E-state index contributed by atoms with van der Waals surface area (Å²) in [4.78, 5) is 4.05. The van der Waals surface area contributed by atoms with Crippen LogP contribution < -0.4 is 10.5 Å². The van der Waals surface area contributed by atoms with E-state index in [-0.39, 0.29) is 0 Å². The lowest BCUT2D eigenvalue weighted by Crippen LogP contribution is -2.14. The third kappa shape index (κ3) is 3.48. The van der Waals surface area contributed by atoms with Crippen molar-refractivity contribution >= 4 is 0 Å². The SMILES string of the molecule is COc1ccc(CC(N)c2cc(F)cc(F)c2)cn1. The van der Waals surface area contributed by atoms with Gasteiger partial charge in [0.25, 0.3) is 0 Å². The molecular formula is C14H14F2N2O. The van der Waals surface area contributed by atoms with Crippen molar-refractivity contribution in [3.63, 3.8) is 0 Å². The van der Waals surface area contributed by atoms with E-state index in [4.69, 9.17) is 10.5 Å². The molecule has 0 radical (unpaired) electrons. The van der Waals surface area contributed by atoms with E-state index in [1.807, 2.05) is 6.07 Å². The lowest BCUT2D eigenvalue weighted by molar-refractivity contribution is 0.397. The number of nitrogens with two attached hydrogens (primary N) is 1. The molecule has 19 heavy (non-hydrogen) atoms. The van der Waals surface area contributed by atoms with E-state index < -0.39 is 17.7 Å².